The van der Waals surface area contributed by atoms with Gasteiger partial charge in [0.05, 0.1) is 0 Å². The first kappa shape index (κ1) is 19.1. The van der Waals surface area contributed by atoms with Gasteiger partial charge in [0.25, 0.3) is 6.01 Å². The molecule has 0 saturated carbocycles. The van der Waals surface area contributed by atoms with E-state index >= 15 is 0 Å². The second kappa shape index (κ2) is 7.65. The van der Waals surface area contributed by atoms with E-state index in [4.69, 9.17) is 4.42 Å². The predicted molar refractivity (Wildman–Crippen MR) is 101 cm³/mol. The molecule has 0 unspecified atom stereocenters. The average Bonchev–Trinajstić information content (AvgIpc) is 3.11. The summed E-state index contributed by atoms with van der Waals surface area (Å²) in [6.45, 7) is 1.20. The van der Waals surface area contributed by atoms with Crippen LogP contribution in [-0.4, -0.2) is 30.3 Å². The number of fused-ring (bicyclic) bond motifs is 1. The van der Waals surface area contributed by atoms with Crippen LogP contribution in [0.1, 0.15) is 12.8 Å². The van der Waals surface area contributed by atoms with Crippen molar-refractivity contribution in [3.8, 4) is 5.75 Å². The number of oxazole rings is 1. The lowest BCUT2D eigenvalue weighted by Crippen LogP contribution is -2.38. The van der Waals surface area contributed by atoms with Crippen LogP contribution in [0.25, 0.3) is 11.1 Å². The molecule has 3 aromatic rings. The Labute approximate surface area is 164 Å². The molecule has 1 aliphatic heterocycles. The number of ether oxygens (including phenoxy) is 1. The molecule has 0 radical (unpaired) electrons. The highest BCUT2D eigenvalue weighted by Crippen LogP contribution is 2.28. The average molecular weight is 405 g/mol. The molecule has 6 nitrogen and oxygen atoms in total. The summed E-state index contributed by atoms with van der Waals surface area (Å²) in [6, 6.07) is 13.3. The van der Waals surface area contributed by atoms with Gasteiger partial charge in [0.1, 0.15) is 11.3 Å². The number of rotatable bonds is 4. The molecular weight excluding hydrogens is 387 g/mol. The third-order valence-corrected chi connectivity index (χ3v) is 4.75. The smallest absolute Gasteiger partial charge is 0.423 e. The Balaban J connectivity index is 1.35. The van der Waals surface area contributed by atoms with Gasteiger partial charge in [0.15, 0.2) is 5.58 Å². The molecule has 29 heavy (non-hydrogen) atoms. The SMILES string of the molecule is O=C(Nc1cccc(OC(F)(F)F)c1)C1CCN(c2nc3ccccc3o2)CC1. The molecule has 4 rings (SSSR count). The number of hydrogen-bond acceptors (Lipinski definition) is 5. The van der Waals surface area contributed by atoms with E-state index in [1.807, 2.05) is 29.2 Å². The van der Waals surface area contributed by atoms with Gasteiger partial charge in [-0.3, -0.25) is 4.79 Å². The first-order valence-corrected chi connectivity index (χ1v) is 9.14. The molecule has 1 N–H and O–H groups in total. The second-order valence-electron chi connectivity index (χ2n) is 6.79. The number of alkyl halides is 3. The first-order valence-electron chi connectivity index (χ1n) is 9.14. The molecule has 1 saturated heterocycles. The van der Waals surface area contributed by atoms with Gasteiger partial charge in [0, 0.05) is 30.8 Å². The molecular formula is C20H18F3N3O3. The van der Waals surface area contributed by atoms with E-state index in [1.165, 1.54) is 18.2 Å². The maximum Gasteiger partial charge on any atom is 0.573 e. The first-order chi connectivity index (χ1) is 13.9. The Morgan fingerprint density at radius 3 is 2.62 bits per heavy atom. The summed E-state index contributed by atoms with van der Waals surface area (Å²) in [7, 11) is 0. The standard InChI is InChI=1S/C20H18F3N3O3/c21-20(22,23)29-15-5-3-4-14(12-15)24-18(27)13-8-10-26(11-9-13)19-25-16-6-1-2-7-17(16)28-19/h1-7,12-13H,8-11H2,(H,24,27). The van der Waals surface area contributed by atoms with Gasteiger partial charge >= 0.3 is 6.36 Å². The van der Waals surface area contributed by atoms with Crippen LogP contribution >= 0.6 is 0 Å². The van der Waals surface area contributed by atoms with Crippen molar-refractivity contribution in [1.82, 2.24) is 4.98 Å². The number of amides is 1. The number of hydrogen-bond donors (Lipinski definition) is 1. The van der Waals surface area contributed by atoms with Crippen molar-refractivity contribution >= 4 is 28.7 Å². The zero-order valence-electron chi connectivity index (χ0n) is 15.3. The summed E-state index contributed by atoms with van der Waals surface area (Å²) in [6.07, 6.45) is -3.60. The fourth-order valence-electron chi connectivity index (χ4n) is 3.34. The molecule has 9 heteroatoms. The topological polar surface area (TPSA) is 67.6 Å². The van der Waals surface area contributed by atoms with Gasteiger partial charge in [0.2, 0.25) is 5.91 Å². The van der Waals surface area contributed by atoms with Crippen molar-refractivity contribution in [2.45, 2.75) is 19.2 Å². The highest BCUT2D eigenvalue weighted by atomic mass is 19.4. The third kappa shape index (κ3) is 4.61. The van der Waals surface area contributed by atoms with Crippen molar-refractivity contribution < 1.29 is 27.1 Å². The normalized spacial score (nSPS) is 15.5. The van der Waals surface area contributed by atoms with Crippen molar-refractivity contribution in [2.75, 3.05) is 23.3 Å². The van der Waals surface area contributed by atoms with E-state index in [1.54, 1.807) is 0 Å². The van der Waals surface area contributed by atoms with Crippen LogP contribution in [0.5, 0.6) is 5.75 Å². The number of nitrogens with one attached hydrogen (secondary N) is 1. The summed E-state index contributed by atoms with van der Waals surface area (Å²) in [5, 5.41) is 2.67. The Hall–Kier alpha value is -3.23. The van der Waals surface area contributed by atoms with Crippen molar-refractivity contribution in [2.24, 2.45) is 5.92 Å². The van der Waals surface area contributed by atoms with E-state index in [0.717, 1.165) is 11.6 Å². The molecule has 1 fully saturated rings. The maximum absolute atomic E-state index is 12.5. The molecule has 152 valence electrons. The van der Waals surface area contributed by atoms with Gasteiger partial charge in [-0.1, -0.05) is 18.2 Å². The van der Waals surface area contributed by atoms with Crippen molar-refractivity contribution in [3.05, 3.63) is 48.5 Å². The van der Waals surface area contributed by atoms with Gasteiger partial charge in [-0.2, -0.15) is 4.98 Å². The molecule has 0 aliphatic carbocycles. The lowest BCUT2D eigenvalue weighted by atomic mass is 9.96. The number of halogens is 3. The van der Waals surface area contributed by atoms with Crippen LogP contribution in [0, 0.1) is 5.92 Å². The second-order valence-corrected chi connectivity index (χ2v) is 6.79. The lowest BCUT2D eigenvalue weighted by molar-refractivity contribution is -0.274. The van der Waals surface area contributed by atoms with E-state index in [9.17, 15) is 18.0 Å². The minimum absolute atomic E-state index is 0.230. The number of nitrogens with zero attached hydrogens (tertiary/aromatic N) is 2. The maximum atomic E-state index is 12.5. The predicted octanol–water partition coefficient (Wildman–Crippen LogP) is 4.58. The van der Waals surface area contributed by atoms with Crippen LogP contribution in [0.15, 0.2) is 52.9 Å². The fraction of sp³-hybridized carbons (Fsp3) is 0.300. The number of carbonyl (C=O) groups excluding carboxylic acids is 1. The molecule has 1 amide bonds. The summed E-state index contributed by atoms with van der Waals surface area (Å²) in [5.41, 5.74) is 1.75. The Morgan fingerprint density at radius 2 is 1.90 bits per heavy atom. The zero-order chi connectivity index (χ0) is 20.4. The molecule has 0 spiro atoms. The fourth-order valence-corrected chi connectivity index (χ4v) is 3.34. The minimum atomic E-state index is -4.78. The molecule has 2 aromatic carbocycles. The van der Waals surface area contributed by atoms with Gasteiger partial charge in [-0.25, -0.2) is 0 Å². The van der Waals surface area contributed by atoms with Crippen LogP contribution in [0.2, 0.25) is 0 Å². The number of para-hydroxylation sites is 2. The quantitative estimate of drug-likeness (QED) is 0.688. The largest absolute Gasteiger partial charge is 0.573 e. The van der Waals surface area contributed by atoms with Crippen LogP contribution in [-0.2, 0) is 4.79 Å². The van der Waals surface area contributed by atoms with Crippen LogP contribution < -0.4 is 15.0 Å². The lowest BCUT2D eigenvalue weighted by Gasteiger charge is -2.30. The summed E-state index contributed by atoms with van der Waals surface area (Å²) in [4.78, 5) is 19.0. The van der Waals surface area contributed by atoms with E-state index in [0.29, 0.717) is 37.5 Å². The number of anilines is 2. The van der Waals surface area contributed by atoms with Gasteiger partial charge < -0.3 is 19.4 Å². The molecule has 0 bridgehead atoms. The van der Waals surface area contributed by atoms with Crippen LogP contribution in [0.4, 0.5) is 24.9 Å². The van der Waals surface area contributed by atoms with E-state index in [-0.39, 0.29) is 23.3 Å². The Kier molecular flexibility index (Phi) is 5.04. The monoisotopic (exact) mass is 405 g/mol. The summed E-state index contributed by atoms with van der Waals surface area (Å²) >= 11 is 0. The number of aromatic nitrogens is 1. The Morgan fingerprint density at radius 1 is 1.14 bits per heavy atom. The van der Waals surface area contributed by atoms with E-state index < -0.39 is 6.36 Å². The van der Waals surface area contributed by atoms with Gasteiger partial charge in [-0.05, 0) is 37.1 Å². The minimum Gasteiger partial charge on any atom is -0.423 e. The molecule has 1 aliphatic rings. The highest BCUT2D eigenvalue weighted by molar-refractivity contribution is 5.92. The molecule has 1 aromatic heterocycles. The summed E-state index contributed by atoms with van der Waals surface area (Å²) in [5.74, 6) is -0.852. The van der Waals surface area contributed by atoms with Gasteiger partial charge in [-0.15, -0.1) is 13.2 Å². The Bertz CT molecular complexity index is 978. The third-order valence-electron chi connectivity index (χ3n) is 4.75. The summed E-state index contributed by atoms with van der Waals surface area (Å²) < 4.78 is 46.7. The van der Waals surface area contributed by atoms with Crippen LogP contribution in [0.3, 0.4) is 0 Å². The number of benzene rings is 2. The van der Waals surface area contributed by atoms with E-state index in [2.05, 4.69) is 15.0 Å². The number of piperidine rings is 1. The van der Waals surface area contributed by atoms with Crippen molar-refractivity contribution in [1.29, 1.82) is 0 Å². The highest BCUT2D eigenvalue weighted by Gasteiger charge is 2.31. The zero-order valence-corrected chi connectivity index (χ0v) is 15.3. The molecule has 2 heterocycles. The van der Waals surface area contributed by atoms with Crippen molar-refractivity contribution in [3.63, 3.8) is 0 Å². The number of carbonyl (C=O) groups is 1. The molecule has 0 atom stereocenters.